The summed E-state index contributed by atoms with van der Waals surface area (Å²) >= 11 is 0. The average molecular weight is 929 g/mol. The molecule has 7 nitrogen and oxygen atoms in total. The molecule has 15 rings (SSSR count). The van der Waals surface area contributed by atoms with Crippen LogP contribution in [-0.4, -0.2) is 18.3 Å². The van der Waals surface area contributed by atoms with Crippen molar-refractivity contribution < 1.29 is 53.8 Å². The lowest BCUT2D eigenvalue weighted by molar-refractivity contribution is 0.671. The van der Waals surface area contributed by atoms with Crippen molar-refractivity contribution in [2.24, 2.45) is 0 Å². The fourth-order valence-electron chi connectivity index (χ4n) is 9.57. The van der Waals surface area contributed by atoms with E-state index >= 15 is 0 Å². The maximum absolute atomic E-state index is 12.9. The van der Waals surface area contributed by atoms with Gasteiger partial charge in [0.25, 0.3) is 0 Å². The first-order valence-corrected chi connectivity index (χ1v) is 20.5. The number of nitriles is 1. The topological polar surface area (TPSA) is 61.0 Å². The summed E-state index contributed by atoms with van der Waals surface area (Å²) in [6.07, 6.45) is 0. The maximum Gasteiger partial charge on any atom is 0.237 e. The van der Waals surface area contributed by atoms with Crippen molar-refractivity contribution in [2.45, 2.75) is 6.85 Å². The first kappa shape index (κ1) is 17.4. The first-order valence-electron chi connectivity index (χ1n) is 38.5. The lowest BCUT2D eigenvalue weighted by Gasteiger charge is -2.27. The summed E-state index contributed by atoms with van der Waals surface area (Å²) in [5.74, 6) is 0. The Kier molecular flexibility index (Phi) is 3.50. The van der Waals surface area contributed by atoms with Gasteiger partial charge >= 0.3 is 0 Å². The summed E-state index contributed by atoms with van der Waals surface area (Å²) in [7, 11) is 0. The minimum atomic E-state index is -3.60. The Balaban J connectivity index is 1.47. The van der Waals surface area contributed by atoms with Gasteiger partial charge in [-0.1, -0.05) is 145 Å². The van der Waals surface area contributed by atoms with E-state index in [1.54, 1.807) is 0 Å². The van der Waals surface area contributed by atoms with Gasteiger partial charge in [0, 0.05) is 58.0 Å². The fraction of sp³-hybridized carbons (Fsp3) is 0.0159. The van der Waals surface area contributed by atoms with Crippen molar-refractivity contribution in [3.63, 3.8) is 0 Å². The normalized spacial score (nSPS) is 19.5. The summed E-state index contributed by atoms with van der Waals surface area (Å²) in [6, 6.07) is -35.4. The molecule has 0 aliphatic rings. The SMILES string of the molecule is [2H]c1c([2H])c([2H])c2c(oc3c2c([2H])c([2H])c2c4c([2H])c(C([2H])([2H])[2H])c([2H])c([2H])c4n(-c4c(-n5c6c([2H])c([2H])c([2H])c([2H])c6c6c([2H])c([2H])c([2H])c([2H])c65)c(C#N)c(-n5c6c([2H])c([2H])c([2H])c([2H])c6c6c([2H])c([2H])c([2H])c([2H])c65)c([N+]#[C-])c4-n4c5c([2H])c([2H])c([2H])c([2H])c5c5c([2H])c([2H])c([2H])c([2H])c54)c32)c1[2H]. The van der Waals surface area contributed by atoms with Crippen LogP contribution in [0.2, 0.25) is 0 Å². The minimum Gasteiger partial charge on any atom is -0.454 e. The predicted molar refractivity (Wildman–Crippen MR) is 287 cm³/mol. The molecule has 5 aromatic heterocycles. The fourth-order valence-corrected chi connectivity index (χ4v) is 9.57. The number of para-hydroxylation sites is 7. The molecule has 0 saturated carbocycles. The van der Waals surface area contributed by atoms with Crippen LogP contribution in [0.25, 0.3) is 137 Å². The van der Waals surface area contributed by atoms with Crippen molar-refractivity contribution >= 4 is 115 Å². The standard InChI is InChI=1S/C63H36N6O/c1-37-31-34-55-47(35-37)45-32-33-46-44-23-9-16-30-56(44)70-63(46)60(45)69(55)62-59(67-51-26-12-5-19-40(51)41-20-6-13-27-52(41)67)48(36-64)58(66-49-24-10-3-17-38(49)39-18-4-11-25-50(39)66)57(65-2)61(62)68-53-28-14-7-21-42(53)43-22-8-15-29-54(43)68/h3-35H,1H3/i1D3,3D,4D,5D,6D,7D,8D,9D,10D,11D,12D,13D,14D,15D,16D,17D,18D,19D,20D,21D,22D,23D,24D,25D,26D,27D,28D,29D,30D,31D,32D,33D,34D,35D. The average Bonchev–Trinajstić information content (AvgIpc) is 1.51. The molecule has 0 fully saturated rings. The van der Waals surface area contributed by atoms with Crippen LogP contribution in [0.4, 0.5) is 5.69 Å². The summed E-state index contributed by atoms with van der Waals surface area (Å²) in [5.41, 5.74) is -18.8. The van der Waals surface area contributed by atoms with Crippen molar-refractivity contribution in [3.8, 4) is 28.8 Å². The first-order chi connectivity index (χ1) is 49.6. The molecule has 0 aliphatic heterocycles. The monoisotopic (exact) mass is 929 g/mol. The van der Waals surface area contributed by atoms with Gasteiger partial charge in [0.15, 0.2) is 5.58 Å². The number of rotatable bonds is 4. The molecule has 70 heavy (non-hydrogen) atoms. The third-order valence-corrected chi connectivity index (χ3v) is 12.2. The molecule has 0 aliphatic carbocycles. The van der Waals surface area contributed by atoms with E-state index in [4.69, 9.17) is 19.5 Å². The van der Waals surface area contributed by atoms with Crippen molar-refractivity contribution in [3.05, 3.63) is 222 Å². The van der Waals surface area contributed by atoms with E-state index in [1.165, 1.54) is 0 Å². The molecule has 0 unspecified atom stereocenters. The summed E-state index contributed by atoms with van der Waals surface area (Å²) in [6.45, 7) is 6.23. The lowest BCUT2D eigenvalue weighted by atomic mass is 10.0. The Labute approximate surface area is 450 Å². The van der Waals surface area contributed by atoms with E-state index in [9.17, 15) is 46.1 Å². The summed E-state index contributed by atoms with van der Waals surface area (Å²) in [4.78, 5) is 4.00. The number of fused-ring (bicyclic) bond motifs is 16. The third kappa shape index (κ3) is 4.89. The van der Waals surface area contributed by atoms with Crippen LogP contribution in [0, 0.1) is 24.8 Å². The molecule has 324 valence electrons. The number of nitrogens with zero attached hydrogens (tertiary/aromatic N) is 6. The van der Waals surface area contributed by atoms with Crippen molar-refractivity contribution in [1.29, 1.82) is 5.26 Å². The van der Waals surface area contributed by atoms with Crippen LogP contribution in [0.5, 0.6) is 0 Å². The van der Waals surface area contributed by atoms with Gasteiger partial charge in [-0.3, -0.25) is 0 Å². The molecule has 7 heteroatoms. The van der Waals surface area contributed by atoms with Gasteiger partial charge in [-0.25, -0.2) is 4.85 Å². The number of furan rings is 1. The number of benzene rings is 10. The summed E-state index contributed by atoms with van der Waals surface area (Å²) in [5, 5.41) is 4.65. The second-order valence-electron chi connectivity index (χ2n) is 15.5. The van der Waals surface area contributed by atoms with Crippen molar-refractivity contribution in [1.82, 2.24) is 18.3 Å². The zero-order valence-electron chi connectivity index (χ0n) is 70.6. The highest BCUT2D eigenvalue weighted by atomic mass is 16.3. The van der Waals surface area contributed by atoms with Gasteiger partial charge in [-0.15, -0.1) is 0 Å². The zero-order chi connectivity index (χ0) is 77.6. The van der Waals surface area contributed by atoms with Gasteiger partial charge in [-0.2, -0.15) is 5.26 Å². The van der Waals surface area contributed by atoms with Crippen LogP contribution < -0.4 is 0 Å². The van der Waals surface area contributed by atoms with E-state index < -0.39 is 355 Å². The smallest absolute Gasteiger partial charge is 0.237 e. The second-order valence-corrected chi connectivity index (χ2v) is 15.5. The van der Waals surface area contributed by atoms with Crippen LogP contribution in [0.3, 0.4) is 0 Å². The third-order valence-electron chi connectivity index (χ3n) is 12.2. The molecular formula is C63H36N6O. The van der Waals surface area contributed by atoms with Crippen molar-refractivity contribution in [2.75, 3.05) is 0 Å². The molecule has 0 radical (unpaired) electrons. The Morgan fingerprint density at radius 3 is 1.36 bits per heavy atom. The molecule has 15 aromatic rings. The van der Waals surface area contributed by atoms with E-state index in [0.29, 0.717) is 18.3 Å². The van der Waals surface area contributed by atoms with Gasteiger partial charge < -0.3 is 22.7 Å². The van der Waals surface area contributed by atoms with Crippen LogP contribution in [0.1, 0.15) is 60.5 Å². The van der Waals surface area contributed by atoms with Crippen LogP contribution in [-0.2, 0) is 0 Å². The molecule has 0 spiro atoms. The minimum absolute atomic E-state index is 0.548. The number of hydrogen-bond acceptors (Lipinski definition) is 2. The highest BCUT2D eigenvalue weighted by Crippen LogP contribution is 2.52. The highest BCUT2D eigenvalue weighted by molar-refractivity contribution is 6.23. The van der Waals surface area contributed by atoms with Gasteiger partial charge in [-0.05, 0) is 67.3 Å². The largest absolute Gasteiger partial charge is 0.454 e. The molecule has 0 N–H and O–H groups in total. The van der Waals surface area contributed by atoms with E-state index in [0.717, 1.165) is 0 Å². The van der Waals surface area contributed by atoms with E-state index in [1.807, 2.05) is 6.07 Å². The quantitative estimate of drug-likeness (QED) is 0.165. The van der Waals surface area contributed by atoms with E-state index in [-0.39, 0.29) is 0 Å². The highest BCUT2D eigenvalue weighted by Gasteiger charge is 2.35. The van der Waals surface area contributed by atoms with E-state index in [2.05, 4.69) is 4.85 Å². The Hall–Kier alpha value is -9.82. The Bertz CT molecular complexity index is 6570. The molecule has 0 bridgehead atoms. The number of aromatic nitrogens is 4. The Morgan fingerprint density at radius 1 is 0.443 bits per heavy atom. The van der Waals surface area contributed by atoms with Gasteiger partial charge in [0.1, 0.15) is 11.7 Å². The molecular weight excluding hydrogens is 857 g/mol. The van der Waals surface area contributed by atoms with Crippen LogP contribution >= 0.6 is 0 Å². The second kappa shape index (κ2) is 14.1. The molecule has 10 aromatic carbocycles. The van der Waals surface area contributed by atoms with Crippen LogP contribution in [0.15, 0.2) is 204 Å². The number of hydrogen-bond donors (Lipinski definition) is 0. The predicted octanol–water partition coefficient (Wildman–Crippen LogP) is 16.7. The molecule has 0 atom stereocenters. The summed E-state index contributed by atoms with van der Waals surface area (Å²) < 4.78 is 349. The molecule has 5 heterocycles. The Morgan fingerprint density at radius 2 is 0.871 bits per heavy atom. The van der Waals surface area contributed by atoms with Gasteiger partial charge in [0.05, 0.1) is 124 Å². The lowest BCUT2D eigenvalue weighted by Crippen LogP contribution is -2.14. The molecule has 0 saturated heterocycles. The zero-order valence-corrected chi connectivity index (χ0v) is 34.6. The van der Waals surface area contributed by atoms with Gasteiger partial charge in [0.2, 0.25) is 5.69 Å². The molecule has 0 amide bonds. The maximum atomic E-state index is 12.9.